The summed E-state index contributed by atoms with van der Waals surface area (Å²) in [4.78, 5) is 21.9. The molecule has 0 aliphatic heterocycles. The van der Waals surface area contributed by atoms with Gasteiger partial charge in [0.1, 0.15) is 0 Å². The van der Waals surface area contributed by atoms with Gasteiger partial charge in [0.05, 0.1) is 4.92 Å². The summed E-state index contributed by atoms with van der Waals surface area (Å²) in [7, 11) is 0. The van der Waals surface area contributed by atoms with Gasteiger partial charge in [-0.1, -0.05) is 30.3 Å². The third-order valence-electron chi connectivity index (χ3n) is 2.38. The number of carbonyl (C=O) groups is 1. The summed E-state index contributed by atoms with van der Waals surface area (Å²) in [6.07, 6.45) is 0. The molecule has 0 atom stereocenters. The van der Waals surface area contributed by atoms with Crippen LogP contribution in [0, 0.1) is 10.1 Å². The Morgan fingerprint density at radius 2 is 1.39 bits per heavy atom. The van der Waals surface area contributed by atoms with E-state index in [0.717, 1.165) is 0 Å². The fraction of sp³-hybridized carbons (Fsp3) is 0. The van der Waals surface area contributed by atoms with Crippen LogP contribution < -0.4 is 0 Å². The molecule has 0 aliphatic carbocycles. The van der Waals surface area contributed by atoms with Gasteiger partial charge in [-0.3, -0.25) is 14.9 Å². The maximum atomic E-state index is 12.0. The molecule has 0 amide bonds. The number of rotatable bonds is 3. The Balaban J connectivity index is 0.00000162. The first-order chi connectivity index (χ1) is 8.18. The van der Waals surface area contributed by atoms with Crippen LogP contribution >= 0.6 is 0 Å². The first-order valence-corrected chi connectivity index (χ1v) is 5.02. The molecule has 4 nitrogen and oxygen atoms in total. The molecule has 0 fully saturated rings. The molecule has 92 valence electrons. The minimum absolute atomic E-state index is 0. The van der Waals surface area contributed by atoms with Crippen molar-refractivity contribution in [2.24, 2.45) is 0 Å². The van der Waals surface area contributed by atoms with Crippen LogP contribution in [-0.2, 0) is 0 Å². The molecule has 5 heteroatoms. The molecule has 0 unspecified atom stereocenters. The van der Waals surface area contributed by atoms with Crippen LogP contribution in [0.15, 0.2) is 54.6 Å². The number of nitro groups is 1. The third-order valence-corrected chi connectivity index (χ3v) is 2.38. The van der Waals surface area contributed by atoms with Crippen LogP contribution in [-0.4, -0.2) is 36.9 Å². The molecule has 0 N–H and O–H groups in total. The molecular weight excluding hydrogens is 427 g/mol. The molecule has 0 heterocycles. The standard InChI is InChI=1S/C13H9NO3.Bi.3H/c15-13(10-4-2-1-3-5-10)11-6-8-12(9-7-11)14(16)17;;;;/h1-9H;;;;. The summed E-state index contributed by atoms with van der Waals surface area (Å²) >= 11 is 0. The summed E-state index contributed by atoms with van der Waals surface area (Å²) in [5.41, 5.74) is 0.998. The normalized spacial score (nSPS) is 9.33. The molecule has 0 bridgehead atoms. The Kier molecular flexibility index (Phi) is 5.11. The fourth-order valence-electron chi connectivity index (χ4n) is 1.49. The van der Waals surface area contributed by atoms with Gasteiger partial charge in [-0.25, -0.2) is 0 Å². The zero-order valence-electron chi connectivity index (χ0n) is 9.58. The van der Waals surface area contributed by atoms with E-state index in [2.05, 4.69) is 0 Å². The first-order valence-electron chi connectivity index (χ1n) is 5.02. The Labute approximate surface area is 123 Å². The molecule has 2 aromatic rings. The fourth-order valence-corrected chi connectivity index (χ4v) is 1.49. The molecule has 0 aromatic heterocycles. The molecule has 2 rings (SSSR count). The van der Waals surface area contributed by atoms with E-state index in [1.807, 2.05) is 6.07 Å². The number of non-ortho nitro benzene ring substituents is 1. The number of carbonyl (C=O) groups excluding carboxylic acids is 1. The zero-order chi connectivity index (χ0) is 12.3. The van der Waals surface area contributed by atoms with E-state index in [1.54, 1.807) is 24.3 Å². The zero-order valence-corrected chi connectivity index (χ0v) is 15.1. The van der Waals surface area contributed by atoms with Gasteiger partial charge in [-0.05, 0) is 12.1 Å². The van der Waals surface area contributed by atoms with E-state index in [4.69, 9.17) is 0 Å². The van der Waals surface area contributed by atoms with Gasteiger partial charge in [0.2, 0.25) is 0 Å². The van der Waals surface area contributed by atoms with Crippen molar-refractivity contribution in [3.8, 4) is 0 Å². The van der Waals surface area contributed by atoms with Gasteiger partial charge in [-0.2, -0.15) is 0 Å². The van der Waals surface area contributed by atoms with E-state index in [0.29, 0.717) is 11.1 Å². The van der Waals surface area contributed by atoms with Crippen LogP contribution in [0.2, 0.25) is 0 Å². The Morgan fingerprint density at radius 1 is 0.889 bits per heavy atom. The number of benzene rings is 2. The van der Waals surface area contributed by atoms with Gasteiger partial charge in [0, 0.05) is 23.3 Å². The molecule has 0 saturated carbocycles. The SMILES string of the molecule is O=C(c1ccccc1)c1ccc([N+](=O)[O-])cc1.[BiH3]. The number of hydrogen-bond acceptors (Lipinski definition) is 3. The topological polar surface area (TPSA) is 60.2 Å². The molecule has 0 aliphatic rings. The third kappa shape index (κ3) is 3.20. The summed E-state index contributed by atoms with van der Waals surface area (Å²) in [5, 5.41) is 10.5. The maximum absolute atomic E-state index is 12.0. The Morgan fingerprint density at radius 3 is 1.89 bits per heavy atom. The van der Waals surface area contributed by atoms with Crippen LogP contribution in [0.3, 0.4) is 0 Å². The number of nitro benzene ring substituents is 1. The van der Waals surface area contributed by atoms with Crippen molar-refractivity contribution >= 4 is 37.7 Å². The number of hydrogen-bond donors (Lipinski definition) is 0. The average Bonchev–Trinajstić information content (AvgIpc) is 2.39. The van der Waals surface area contributed by atoms with Gasteiger partial charge < -0.3 is 0 Å². The second-order valence-corrected chi connectivity index (χ2v) is 3.50. The number of ketones is 1. The van der Waals surface area contributed by atoms with Crippen molar-refractivity contribution in [3.05, 3.63) is 75.8 Å². The molecule has 0 spiro atoms. The molecule has 0 saturated heterocycles. The van der Waals surface area contributed by atoms with E-state index in [9.17, 15) is 14.9 Å². The van der Waals surface area contributed by atoms with Gasteiger partial charge >= 0.3 is 26.2 Å². The van der Waals surface area contributed by atoms with Crippen LogP contribution in [0.25, 0.3) is 0 Å². The number of nitrogens with zero attached hydrogens (tertiary/aromatic N) is 1. The van der Waals surface area contributed by atoms with Gasteiger partial charge in [-0.15, -0.1) is 0 Å². The van der Waals surface area contributed by atoms with Crippen molar-refractivity contribution < 1.29 is 9.72 Å². The van der Waals surface area contributed by atoms with E-state index < -0.39 is 4.92 Å². The predicted molar refractivity (Wildman–Crippen MR) is 72.9 cm³/mol. The monoisotopic (exact) mass is 439 g/mol. The summed E-state index contributed by atoms with van der Waals surface area (Å²) in [6.45, 7) is 0. The molecular formula is C13H12BiNO3. The summed E-state index contributed by atoms with van der Waals surface area (Å²) < 4.78 is 0. The second-order valence-electron chi connectivity index (χ2n) is 3.50. The van der Waals surface area contributed by atoms with Gasteiger partial charge in [0.15, 0.2) is 5.78 Å². The van der Waals surface area contributed by atoms with Gasteiger partial charge in [0.25, 0.3) is 5.69 Å². The van der Waals surface area contributed by atoms with Crippen molar-refractivity contribution in [1.82, 2.24) is 0 Å². The predicted octanol–water partition coefficient (Wildman–Crippen LogP) is 1.64. The minimum atomic E-state index is -0.489. The van der Waals surface area contributed by atoms with E-state index in [1.165, 1.54) is 24.3 Å². The van der Waals surface area contributed by atoms with Crippen molar-refractivity contribution in [1.29, 1.82) is 0 Å². The molecule has 0 radical (unpaired) electrons. The second kappa shape index (κ2) is 6.36. The van der Waals surface area contributed by atoms with Crippen molar-refractivity contribution in [2.45, 2.75) is 0 Å². The van der Waals surface area contributed by atoms with Crippen LogP contribution in [0.4, 0.5) is 5.69 Å². The summed E-state index contributed by atoms with van der Waals surface area (Å²) in [6, 6.07) is 14.4. The Bertz CT molecular complexity index is 552. The molecule has 18 heavy (non-hydrogen) atoms. The average molecular weight is 439 g/mol. The quantitative estimate of drug-likeness (QED) is 0.316. The molecule has 2 aromatic carbocycles. The first kappa shape index (κ1) is 14.5. The van der Waals surface area contributed by atoms with Crippen LogP contribution in [0.5, 0.6) is 0 Å². The van der Waals surface area contributed by atoms with Crippen molar-refractivity contribution in [2.75, 3.05) is 0 Å². The van der Waals surface area contributed by atoms with Crippen molar-refractivity contribution in [3.63, 3.8) is 0 Å². The summed E-state index contributed by atoms with van der Waals surface area (Å²) in [5.74, 6) is -0.138. The van der Waals surface area contributed by atoms with E-state index >= 15 is 0 Å². The van der Waals surface area contributed by atoms with E-state index in [-0.39, 0.29) is 37.7 Å². The Hall–Kier alpha value is -1.61. The van der Waals surface area contributed by atoms with Crippen LogP contribution in [0.1, 0.15) is 15.9 Å².